The van der Waals surface area contributed by atoms with Gasteiger partial charge in [0.1, 0.15) is 5.82 Å². The average Bonchev–Trinajstić information content (AvgIpc) is 2.25. The Hall–Kier alpha value is -1.41. The van der Waals surface area contributed by atoms with Crippen molar-refractivity contribution in [3.8, 4) is 0 Å². The van der Waals surface area contributed by atoms with Crippen molar-refractivity contribution in [2.75, 3.05) is 20.6 Å². The molecule has 0 fully saturated rings. The molecule has 0 unspecified atom stereocenters. The highest BCUT2D eigenvalue weighted by atomic mass is 19.1. The van der Waals surface area contributed by atoms with Crippen LogP contribution in [0.1, 0.15) is 5.56 Å². The molecule has 2 heteroatoms. The highest BCUT2D eigenvalue weighted by Gasteiger charge is 2.04. The molecule has 2 aromatic rings. The van der Waals surface area contributed by atoms with Crippen molar-refractivity contribution >= 4 is 10.8 Å². The molecule has 0 aliphatic rings. The molecule has 1 nitrogen and oxygen atoms in total. The first-order chi connectivity index (χ1) is 7.66. The third-order valence-electron chi connectivity index (χ3n) is 2.74. The van der Waals surface area contributed by atoms with Gasteiger partial charge in [-0.2, -0.15) is 0 Å². The fraction of sp³-hybridized carbons (Fsp3) is 0.286. The number of benzene rings is 2. The summed E-state index contributed by atoms with van der Waals surface area (Å²) in [7, 11) is 4.06. The summed E-state index contributed by atoms with van der Waals surface area (Å²) in [4.78, 5) is 2.11. The third-order valence-corrected chi connectivity index (χ3v) is 2.74. The minimum atomic E-state index is -0.146. The van der Waals surface area contributed by atoms with Gasteiger partial charge in [0.25, 0.3) is 0 Å². The summed E-state index contributed by atoms with van der Waals surface area (Å²) in [5, 5.41) is 2.14. The van der Waals surface area contributed by atoms with Crippen molar-refractivity contribution in [2.24, 2.45) is 0 Å². The van der Waals surface area contributed by atoms with Crippen LogP contribution in [0, 0.1) is 5.82 Å². The van der Waals surface area contributed by atoms with Gasteiger partial charge in [0.2, 0.25) is 0 Å². The van der Waals surface area contributed by atoms with Gasteiger partial charge in [-0.3, -0.25) is 0 Å². The van der Waals surface area contributed by atoms with Gasteiger partial charge in [-0.25, -0.2) is 4.39 Å². The summed E-state index contributed by atoms with van der Waals surface area (Å²) >= 11 is 0. The predicted octanol–water partition coefficient (Wildman–Crippen LogP) is 3.08. The van der Waals surface area contributed by atoms with Gasteiger partial charge >= 0.3 is 0 Å². The number of rotatable bonds is 3. The first-order valence-electron chi connectivity index (χ1n) is 5.49. The lowest BCUT2D eigenvalue weighted by molar-refractivity contribution is 0.414. The van der Waals surface area contributed by atoms with E-state index in [2.05, 4.69) is 11.0 Å². The SMILES string of the molecule is CN(C)CCc1cc(F)cc2ccccc12. The maximum absolute atomic E-state index is 13.4. The van der Waals surface area contributed by atoms with Crippen molar-refractivity contribution < 1.29 is 4.39 Å². The van der Waals surface area contributed by atoms with E-state index >= 15 is 0 Å². The molecule has 0 amide bonds. The molecule has 0 N–H and O–H groups in total. The van der Waals surface area contributed by atoms with Crippen LogP contribution in [0.25, 0.3) is 10.8 Å². The second kappa shape index (κ2) is 4.62. The first kappa shape index (κ1) is 11.1. The largest absolute Gasteiger partial charge is 0.309 e. The van der Waals surface area contributed by atoms with Crippen LogP contribution in [0.5, 0.6) is 0 Å². The van der Waals surface area contributed by atoms with E-state index in [1.807, 2.05) is 32.3 Å². The molecule has 84 valence electrons. The zero-order valence-corrected chi connectivity index (χ0v) is 9.70. The van der Waals surface area contributed by atoms with Crippen molar-refractivity contribution in [1.29, 1.82) is 0 Å². The molecule has 16 heavy (non-hydrogen) atoms. The van der Waals surface area contributed by atoms with E-state index in [0.29, 0.717) is 0 Å². The molecule has 0 bridgehead atoms. The molecule has 0 atom stereocenters. The van der Waals surface area contributed by atoms with Crippen LogP contribution in [-0.2, 0) is 6.42 Å². The van der Waals surface area contributed by atoms with Crippen LogP contribution in [-0.4, -0.2) is 25.5 Å². The van der Waals surface area contributed by atoms with Gasteiger partial charge < -0.3 is 4.90 Å². The maximum atomic E-state index is 13.4. The summed E-state index contributed by atoms with van der Waals surface area (Å²) in [5.74, 6) is -0.146. The number of likely N-dealkylation sites (N-methyl/N-ethyl adjacent to an activating group) is 1. The molecule has 0 aliphatic heterocycles. The smallest absolute Gasteiger partial charge is 0.124 e. The summed E-state index contributed by atoms with van der Waals surface area (Å²) in [6.07, 6.45) is 0.880. The fourth-order valence-electron chi connectivity index (χ4n) is 1.90. The van der Waals surface area contributed by atoms with E-state index in [1.165, 1.54) is 0 Å². The molecule has 2 rings (SSSR count). The van der Waals surface area contributed by atoms with E-state index in [9.17, 15) is 4.39 Å². The Bertz CT molecular complexity index is 491. The van der Waals surface area contributed by atoms with Crippen LogP contribution in [0.4, 0.5) is 4.39 Å². The monoisotopic (exact) mass is 217 g/mol. The summed E-state index contributed by atoms with van der Waals surface area (Å²) in [5.41, 5.74) is 1.09. The number of hydrogen-bond donors (Lipinski definition) is 0. The summed E-state index contributed by atoms with van der Waals surface area (Å²) < 4.78 is 13.4. The van der Waals surface area contributed by atoms with E-state index < -0.39 is 0 Å². The van der Waals surface area contributed by atoms with Gasteiger partial charge in [0.15, 0.2) is 0 Å². The highest BCUT2D eigenvalue weighted by Crippen LogP contribution is 2.21. The predicted molar refractivity (Wildman–Crippen MR) is 66.2 cm³/mol. The molecular formula is C14H16FN. The van der Waals surface area contributed by atoms with Crippen molar-refractivity contribution in [3.05, 3.63) is 47.8 Å². The molecule has 0 aliphatic carbocycles. The standard InChI is InChI=1S/C14H16FN/c1-16(2)8-7-12-10-13(15)9-11-5-3-4-6-14(11)12/h3-6,9-10H,7-8H2,1-2H3. The normalized spacial score (nSPS) is 11.2. The van der Waals surface area contributed by atoms with E-state index in [-0.39, 0.29) is 5.82 Å². The van der Waals surface area contributed by atoms with E-state index in [1.54, 1.807) is 12.1 Å². The lowest BCUT2D eigenvalue weighted by Crippen LogP contribution is -2.15. The maximum Gasteiger partial charge on any atom is 0.124 e. The van der Waals surface area contributed by atoms with E-state index in [0.717, 1.165) is 29.3 Å². The number of halogens is 1. The molecule has 2 aromatic carbocycles. The zero-order valence-electron chi connectivity index (χ0n) is 9.70. The van der Waals surface area contributed by atoms with Gasteiger partial charge in [-0.05, 0) is 49.0 Å². The molecule has 0 radical (unpaired) electrons. The van der Waals surface area contributed by atoms with Crippen LogP contribution < -0.4 is 0 Å². The lowest BCUT2D eigenvalue weighted by atomic mass is 10.0. The summed E-state index contributed by atoms with van der Waals surface area (Å²) in [6.45, 7) is 0.938. The van der Waals surface area contributed by atoms with Crippen molar-refractivity contribution in [3.63, 3.8) is 0 Å². The minimum Gasteiger partial charge on any atom is -0.309 e. The first-order valence-corrected chi connectivity index (χ1v) is 5.49. The Kier molecular flexibility index (Phi) is 3.20. The van der Waals surface area contributed by atoms with Gasteiger partial charge in [0, 0.05) is 6.54 Å². The number of fused-ring (bicyclic) bond motifs is 1. The summed E-state index contributed by atoms with van der Waals surface area (Å²) in [6, 6.07) is 11.2. The quantitative estimate of drug-likeness (QED) is 0.763. The molecule has 0 aromatic heterocycles. The van der Waals surface area contributed by atoms with Gasteiger partial charge in [-0.15, -0.1) is 0 Å². The van der Waals surface area contributed by atoms with Crippen LogP contribution in [0.3, 0.4) is 0 Å². The van der Waals surface area contributed by atoms with Gasteiger partial charge in [-0.1, -0.05) is 24.3 Å². The van der Waals surface area contributed by atoms with Crippen molar-refractivity contribution in [2.45, 2.75) is 6.42 Å². The van der Waals surface area contributed by atoms with Crippen LogP contribution in [0.2, 0.25) is 0 Å². The molecule has 0 spiro atoms. The second-order valence-corrected chi connectivity index (χ2v) is 4.34. The Labute approximate surface area is 95.5 Å². The number of nitrogens with zero attached hydrogens (tertiary/aromatic N) is 1. The second-order valence-electron chi connectivity index (χ2n) is 4.34. The van der Waals surface area contributed by atoms with Gasteiger partial charge in [0.05, 0.1) is 0 Å². The number of hydrogen-bond acceptors (Lipinski definition) is 1. The Morgan fingerprint density at radius 3 is 2.62 bits per heavy atom. The van der Waals surface area contributed by atoms with Crippen LogP contribution >= 0.6 is 0 Å². The molecular weight excluding hydrogens is 201 g/mol. The minimum absolute atomic E-state index is 0.146. The Balaban J connectivity index is 2.42. The van der Waals surface area contributed by atoms with Crippen molar-refractivity contribution in [1.82, 2.24) is 4.90 Å². The molecule has 0 heterocycles. The lowest BCUT2D eigenvalue weighted by Gasteiger charge is -2.11. The highest BCUT2D eigenvalue weighted by molar-refractivity contribution is 5.85. The van der Waals surface area contributed by atoms with E-state index in [4.69, 9.17) is 0 Å². The Morgan fingerprint density at radius 1 is 1.12 bits per heavy atom. The Morgan fingerprint density at radius 2 is 1.88 bits per heavy atom. The van der Waals surface area contributed by atoms with Crippen LogP contribution in [0.15, 0.2) is 36.4 Å². The zero-order chi connectivity index (χ0) is 11.5. The molecule has 0 saturated heterocycles. The fourth-order valence-corrected chi connectivity index (χ4v) is 1.90. The molecule has 0 saturated carbocycles. The average molecular weight is 217 g/mol. The third kappa shape index (κ3) is 2.39. The topological polar surface area (TPSA) is 3.24 Å².